The van der Waals surface area contributed by atoms with Gasteiger partial charge in [-0.2, -0.15) is 0 Å². The second kappa shape index (κ2) is 6.39. The van der Waals surface area contributed by atoms with E-state index in [9.17, 15) is 0 Å². The zero-order valence-corrected chi connectivity index (χ0v) is 9.01. The smallest absolute Gasteiger partial charge is 0.0591 e. The molecule has 0 radical (unpaired) electrons. The summed E-state index contributed by atoms with van der Waals surface area (Å²) in [5.74, 6) is 0.764. The van der Waals surface area contributed by atoms with Gasteiger partial charge in [-0.1, -0.05) is 20.3 Å². The van der Waals surface area contributed by atoms with E-state index >= 15 is 0 Å². The Balaban J connectivity index is 1.73. The highest BCUT2D eigenvalue weighted by atomic mass is 16.5. The molecule has 0 heterocycles. The minimum Gasteiger partial charge on any atom is -0.380 e. The van der Waals surface area contributed by atoms with Crippen LogP contribution in [0.25, 0.3) is 0 Å². The summed E-state index contributed by atoms with van der Waals surface area (Å²) in [7, 11) is 0. The number of rotatable bonds is 7. The Morgan fingerprint density at radius 1 is 1.31 bits per heavy atom. The van der Waals surface area contributed by atoms with E-state index in [1.807, 2.05) is 0 Å². The van der Waals surface area contributed by atoms with E-state index in [-0.39, 0.29) is 0 Å². The number of nitrogens with one attached hydrogen (secondary N) is 1. The molecule has 1 fully saturated rings. The van der Waals surface area contributed by atoms with E-state index in [4.69, 9.17) is 4.74 Å². The van der Waals surface area contributed by atoms with Gasteiger partial charge in [-0.25, -0.2) is 0 Å². The average molecular weight is 185 g/mol. The van der Waals surface area contributed by atoms with Gasteiger partial charge < -0.3 is 10.1 Å². The molecule has 2 heteroatoms. The normalized spacial score (nSPS) is 17.8. The van der Waals surface area contributed by atoms with Crippen LogP contribution in [0, 0.1) is 5.92 Å². The van der Waals surface area contributed by atoms with Crippen molar-refractivity contribution in [1.29, 1.82) is 0 Å². The second-order valence-corrected chi connectivity index (χ2v) is 4.38. The van der Waals surface area contributed by atoms with E-state index in [1.165, 1.54) is 25.7 Å². The lowest BCUT2D eigenvalue weighted by Gasteiger charge is -2.26. The highest BCUT2D eigenvalue weighted by molar-refractivity contribution is 4.75. The topological polar surface area (TPSA) is 21.3 Å². The van der Waals surface area contributed by atoms with Gasteiger partial charge in [-0.15, -0.1) is 0 Å². The van der Waals surface area contributed by atoms with Crippen LogP contribution >= 0.6 is 0 Å². The molecule has 0 atom stereocenters. The molecule has 0 aromatic heterocycles. The fourth-order valence-corrected chi connectivity index (χ4v) is 1.37. The molecule has 0 aliphatic heterocycles. The molecule has 1 saturated carbocycles. The second-order valence-electron chi connectivity index (χ2n) is 4.38. The third-order valence-electron chi connectivity index (χ3n) is 2.62. The highest BCUT2D eigenvalue weighted by Crippen LogP contribution is 2.17. The highest BCUT2D eigenvalue weighted by Gasteiger charge is 2.15. The summed E-state index contributed by atoms with van der Waals surface area (Å²) >= 11 is 0. The summed E-state index contributed by atoms with van der Waals surface area (Å²) in [6, 6.07) is 0.800. The largest absolute Gasteiger partial charge is 0.380 e. The molecule has 1 rings (SSSR count). The van der Waals surface area contributed by atoms with Gasteiger partial charge in [0.05, 0.1) is 6.61 Å². The maximum Gasteiger partial charge on any atom is 0.0591 e. The minimum absolute atomic E-state index is 0.764. The summed E-state index contributed by atoms with van der Waals surface area (Å²) in [5, 5.41) is 3.48. The van der Waals surface area contributed by atoms with E-state index in [2.05, 4.69) is 19.2 Å². The number of ether oxygens (including phenoxy) is 1. The molecule has 1 aliphatic carbocycles. The first kappa shape index (κ1) is 11.0. The molecule has 0 unspecified atom stereocenters. The molecule has 78 valence electrons. The van der Waals surface area contributed by atoms with Crippen LogP contribution in [0.2, 0.25) is 0 Å². The van der Waals surface area contributed by atoms with Crippen molar-refractivity contribution in [2.75, 3.05) is 19.8 Å². The molecule has 1 N–H and O–H groups in total. The molecule has 0 aromatic rings. The summed E-state index contributed by atoms with van der Waals surface area (Å²) < 4.78 is 5.50. The predicted molar refractivity (Wildman–Crippen MR) is 55.9 cm³/mol. The van der Waals surface area contributed by atoms with Gasteiger partial charge in [-0.3, -0.25) is 0 Å². The summed E-state index contributed by atoms with van der Waals surface area (Å²) in [5.41, 5.74) is 0. The van der Waals surface area contributed by atoms with Gasteiger partial charge >= 0.3 is 0 Å². The van der Waals surface area contributed by atoms with Crippen molar-refractivity contribution >= 4 is 0 Å². The van der Waals surface area contributed by atoms with Crippen LogP contribution in [-0.2, 0) is 4.74 Å². The Hall–Kier alpha value is -0.0800. The molecule has 0 amide bonds. The number of hydrogen-bond donors (Lipinski definition) is 1. The summed E-state index contributed by atoms with van der Waals surface area (Å²) in [6.45, 7) is 7.29. The third kappa shape index (κ3) is 5.27. The summed E-state index contributed by atoms with van der Waals surface area (Å²) in [4.78, 5) is 0. The molecule has 0 bridgehead atoms. The van der Waals surface area contributed by atoms with Gasteiger partial charge in [0.25, 0.3) is 0 Å². The maximum absolute atomic E-state index is 5.50. The van der Waals surface area contributed by atoms with Gasteiger partial charge in [0.2, 0.25) is 0 Å². The van der Waals surface area contributed by atoms with Crippen molar-refractivity contribution in [3.63, 3.8) is 0 Å². The van der Waals surface area contributed by atoms with Crippen molar-refractivity contribution in [3.8, 4) is 0 Å². The van der Waals surface area contributed by atoms with Crippen LogP contribution in [0.5, 0.6) is 0 Å². The van der Waals surface area contributed by atoms with Crippen LogP contribution in [0.4, 0.5) is 0 Å². The lowest BCUT2D eigenvalue weighted by atomic mass is 9.93. The Kier molecular flexibility index (Phi) is 5.40. The van der Waals surface area contributed by atoms with Gasteiger partial charge in [0.15, 0.2) is 0 Å². The lowest BCUT2D eigenvalue weighted by molar-refractivity contribution is 0.120. The van der Waals surface area contributed by atoms with Crippen molar-refractivity contribution in [3.05, 3.63) is 0 Å². The van der Waals surface area contributed by atoms with E-state index in [0.29, 0.717) is 0 Å². The average Bonchev–Trinajstić information content (AvgIpc) is 1.99. The number of hydrogen-bond acceptors (Lipinski definition) is 2. The van der Waals surface area contributed by atoms with Crippen molar-refractivity contribution in [1.82, 2.24) is 5.32 Å². The quantitative estimate of drug-likeness (QED) is 0.614. The first-order chi connectivity index (χ1) is 6.29. The van der Waals surface area contributed by atoms with E-state index in [0.717, 1.165) is 31.7 Å². The monoisotopic (exact) mass is 185 g/mol. The van der Waals surface area contributed by atoms with Crippen molar-refractivity contribution in [2.45, 2.75) is 45.6 Å². The Labute approximate surface area is 82.0 Å². The molecule has 2 nitrogen and oxygen atoms in total. The lowest BCUT2D eigenvalue weighted by Crippen LogP contribution is -2.37. The standard InChI is InChI=1S/C11H23NO/c1-10(2)6-8-13-9-7-12-11-4-3-5-11/h10-12H,3-9H2,1-2H3. The van der Waals surface area contributed by atoms with Crippen LogP contribution in [0.1, 0.15) is 39.5 Å². The zero-order chi connectivity index (χ0) is 9.52. The third-order valence-corrected chi connectivity index (χ3v) is 2.62. The van der Waals surface area contributed by atoms with Gasteiger partial charge in [-0.05, 0) is 25.2 Å². The molecule has 13 heavy (non-hydrogen) atoms. The molecular formula is C11H23NO. The van der Waals surface area contributed by atoms with Crippen LogP contribution in [-0.4, -0.2) is 25.8 Å². The molecule has 0 spiro atoms. The van der Waals surface area contributed by atoms with E-state index in [1.54, 1.807) is 0 Å². The predicted octanol–water partition coefficient (Wildman–Crippen LogP) is 2.19. The minimum atomic E-state index is 0.764. The fraction of sp³-hybridized carbons (Fsp3) is 1.00. The Morgan fingerprint density at radius 2 is 2.08 bits per heavy atom. The van der Waals surface area contributed by atoms with Gasteiger partial charge in [0.1, 0.15) is 0 Å². The van der Waals surface area contributed by atoms with Crippen LogP contribution in [0.3, 0.4) is 0 Å². The van der Waals surface area contributed by atoms with E-state index < -0.39 is 0 Å². The van der Waals surface area contributed by atoms with Crippen LogP contribution in [0.15, 0.2) is 0 Å². The molecule has 0 saturated heterocycles. The SMILES string of the molecule is CC(C)CCOCCNC1CCC1. The first-order valence-electron chi connectivity index (χ1n) is 5.60. The first-order valence-corrected chi connectivity index (χ1v) is 5.60. The van der Waals surface area contributed by atoms with Crippen molar-refractivity contribution in [2.24, 2.45) is 5.92 Å². The molecule has 1 aliphatic rings. The van der Waals surface area contributed by atoms with Gasteiger partial charge in [0, 0.05) is 19.2 Å². The Bertz CT molecular complexity index is 121. The Morgan fingerprint density at radius 3 is 2.62 bits per heavy atom. The molecule has 0 aromatic carbocycles. The summed E-state index contributed by atoms with van der Waals surface area (Å²) in [6.07, 6.45) is 5.33. The maximum atomic E-state index is 5.50. The molecular weight excluding hydrogens is 162 g/mol. The van der Waals surface area contributed by atoms with Crippen LogP contribution < -0.4 is 5.32 Å². The fourth-order valence-electron chi connectivity index (χ4n) is 1.37. The zero-order valence-electron chi connectivity index (χ0n) is 9.01. The van der Waals surface area contributed by atoms with Crippen molar-refractivity contribution < 1.29 is 4.74 Å².